The molecule has 1 rings (SSSR count). The third-order valence-electron chi connectivity index (χ3n) is 3.39. The lowest BCUT2D eigenvalue weighted by Crippen LogP contribution is -2.47. The van der Waals surface area contributed by atoms with Crippen molar-refractivity contribution in [2.75, 3.05) is 0 Å². The van der Waals surface area contributed by atoms with Gasteiger partial charge in [0.15, 0.2) is 0 Å². The summed E-state index contributed by atoms with van der Waals surface area (Å²) in [5, 5.41) is 28.7. The van der Waals surface area contributed by atoms with Gasteiger partial charge in [0.1, 0.15) is 6.10 Å². The van der Waals surface area contributed by atoms with Crippen molar-refractivity contribution in [2.45, 2.75) is 58.0 Å². The molecule has 1 heterocycles. The minimum atomic E-state index is -0.736. The van der Waals surface area contributed by atoms with Gasteiger partial charge >= 0.3 is 5.97 Å². The first kappa shape index (κ1) is 14.4. The normalized spacial score (nSPS) is 37.4. The van der Waals surface area contributed by atoms with Crippen LogP contribution in [0.25, 0.3) is 0 Å². The zero-order valence-electron chi connectivity index (χ0n) is 10.5. The van der Waals surface area contributed by atoms with Crippen molar-refractivity contribution in [3.63, 3.8) is 0 Å². The van der Waals surface area contributed by atoms with Crippen molar-refractivity contribution in [3.8, 4) is 0 Å². The number of carbonyl (C=O) groups is 1. The number of rotatable bonds is 4. The van der Waals surface area contributed by atoms with E-state index in [0.717, 1.165) is 0 Å². The minimum Gasteiger partial charge on any atom is -0.462 e. The minimum absolute atomic E-state index is 0.202. The van der Waals surface area contributed by atoms with E-state index in [0.29, 0.717) is 0 Å². The predicted octanol–water partition coefficient (Wildman–Crippen LogP) is 0.0668. The highest BCUT2D eigenvalue weighted by Gasteiger charge is 2.40. The summed E-state index contributed by atoms with van der Waals surface area (Å²) < 4.78 is 5.19. The van der Waals surface area contributed by atoms with Gasteiger partial charge in [-0.1, -0.05) is 6.92 Å². The molecule has 0 saturated carbocycles. The van der Waals surface area contributed by atoms with Gasteiger partial charge in [-0.2, -0.15) is 0 Å². The summed E-state index contributed by atoms with van der Waals surface area (Å²) in [6.07, 6.45) is -2.05. The Balaban J connectivity index is 2.56. The van der Waals surface area contributed by atoms with Crippen LogP contribution in [0.1, 0.15) is 33.6 Å². The summed E-state index contributed by atoms with van der Waals surface area (Å²) in [7, 11) is 0. The Bertz CT molecular complexity index is 266. The number of ether oxygens (including phenoxy) is 1. The first-order valence-electron chi connectivity index (χ1n) is 6.07. The molecule has 100 valence electrons. The van der Waals surface area contributed by atoms with Crippen LogP contribution in [0.3, 0.4) is 0 Å². The number of carbonyl (C=O) groups excluding carboxylic acids is 1. The summed E-state index contributed by atoms with van der Waals surface area (Å²) in [6, 6.07) is 0. The fourth-order valence-corrected chi connectivity index (χ4v) is 2.20. The molecule has 5 nitrogen and oxygen atoms in total. The van der Waals surface area contributed by atoms with Crippen molar-refractivity contribution in [1.29, 1.82) is 0 Å². The maximum Gasteiger partial charge on any atom is 0.311 e. The zero-order valence-corrected chi connectivity index (χ0v) is 10.5. The van der Waals surface area contributed by atoms with Crippen LogP contribution in [-0.2, 0) is 9.53 Å². The molecule has 0 amide bonds. The van der Waals surface area contributed by atoms with E-state index in [4.69, 9.17) is 9.84 Å². The molecule has 1 fully saturated rings. The third kappa shape index (κ3) is 3.66. The van der Waals surface area contributed by atoms with E-state index in [-0.39, 0.29) is 18.8 Å². The van der Waals surface area contributed by atoms with Crippen molar-refractivity contribution in [3.05, 3.63) is 0 Å². The van der Waals surface area contributed by atoms with Crippen molar-refractivity contribution >= 4 is 5.97 Å². The van der Waals surface area contributed by atoms with Crippen LogP contribution in [0.4, 0.5) is 0 Å². The van der Waals surface area contributed by atoms with Gasteiger partial charge in [-0.3, -0.25) is 4.79 Å². The van der Waals surface area contributed by atoms with Crippen LogP contribution in [0.2, 0.25) is 0 Å². The van der Waals surface area contributed by atoms with Gasteiger partial charge in [0, 0.05) is 12.3 Å². The summed E-state index contributed by atoms with van der Waals surface area (Å²) in [5.74, 6) is -1.15. The lowest BCUT2D eigenvalue weighted by molar-refractivity contribution is -0.180. The molecule has 0 radical (unpaired) electrons. The number of hydrogen-bond acceptors (Lipinski definition) is 5. The average Bonchev–Trinajstić information content (AvgIpc) is 2.21. The van der Waals surface area contributed by atoms with Gasteiger partial charge in [-0.15, -0.1) is 0 Å². The highest BCUT2D eigenvalue weighted by Crippen LogP contribution is 2.29. The second-order valence-corrected chi connectivity index (χ2v) is 5.09. The van der Waals surface area contributed by atoms with E-state index in [1.165, 1.54) is 0 Å². The van der Waals surface area contributed by atoms with E-state index >= 15 is 0 Å². The van der Waals surface area contributed by atoms with Crippen molar-refractivity contribution < 1.29 is 24.9 Å². The second kappa shape index (κ2) is 5.80. The molecule has 0 aromatic heterocycles. The second-order valence-electron chi connectivity index (χ2n) is 5.09. The van der Waals surface area contributed by atoms with Crippen LogP contribution in [0, 0.1) is 11.8 Å². The topological polar surface area (TPSA) is 87.0 Å². The third-order valence-corrected chi connectivity index (χ3v) is 3.39. The van der Waals surface area contributed by atoms with Crippen molar-refractivity contribution in [2.24, 2.45) is 11.8 Å². The summed E-state index contributed by atoms with van der Waals surface area (Å²) in [4.78, 5) is 11.5. The van der Waals surface area contributed by atoms with Gasteiger partial charge in [0.2, 0.25) is 0 Å². The van der Waals surface area contributed by atoms with E-state index < -0.39 is 36.3 Å². The SMILES string of the molecule is C[C@@H]1[C@H](O)[C@H](C)C(=O)O[C@H]1C[C@@H](O)C[C@@H](C)O. The van der Waals surface area contributed by atoms with Gasteiger partial charge in [-0.05, 0) is 20.3 Å². The van der Waals surface area contributed by atoms with Crippen LogP contribution < -0.4 is 0 Å². The Morgan fingerprint density at radius 3 is 2.47 bits per heavy atom. The zero-order chi connectivity index (χ0) is 13.2. The maximum atomic E-state index is 11.5. The number of hydrogen-bond donors (Lipinski definition) is 3. The predicted molar refractivity (Wildman–Crippen MR) is 61.1 cm³/mol. The van der Waals surface area contributed by atoms with Gasteiger partial charge in [-0.25, -0.2) is 0 Å². The molecule has 1 aliphatic rings. The highest BCUT2D eigenvalue weighted by atomic mass is 16.5. The molecule has 0 unspecified atom stereocenters. The molecule has 0 aliphatic carbocycles. The summed E-state index contributed by atoms with van der Waals surface area (Å²) in [6.45, 7) is 5.02. The molecule has 3 N–H and O–H groups in total. The average molecular weight is 246 g/mol. The largest absolute Gasteiger partial charge is 0.462 e. The lowest BCUT2D eigenvalue weighted by Gasteiger charge is -2.37. The van der Waals surface area contributed by atoms with Crippen LogP contribution in [0.5, 0.6) is 0 Å². The standard InChI is InChI=1S/C12H22O5/c1-6(13)4-9(14)5-10-7(2)11(15)8(3)12(16)17-10/h6-11,13-15H,4-5H2,1-3H3/t6-,7+,8+,9+,10+,11+/m1/s1. The molecule has 17 heavy (non-hydrogen) atoms. The van der Waals surface area contributed by atoms with Crippen LogP contribution in [0.15, 0.2) is 0 Å². The number of cyclic esters (lactones) is 1. The first-order chi connectivity index (χ1) is 7.82. The Hall–Kier alpha value is -0.650. The molecular formula is C12H22O5. The van der Waals surface area contributed by atoms with Crippen LogP contribution in [-0.4, -0.2) is 45.7 Å². The smallest absolute Gasteiger partial charge is 0.311 e. The van der Waals surface area contributed by atoms with Crippen molar-refractivity contribution in [1.82, 2.24) is 0 Å². The lowest BCUT2D eigenvalue weighted by atomic mass is 9.84. The molecule has 0 spiro atoms. The molecule has 6 atom stereocenters. The van der Waals surface area contributed by atoms with Gasteiger partial charge in [0.25, 0.3) is 0 Å². The quantitative estimate of drug-likeness (QED) is 0.611. The molecule has 1 saturated heterocycles. The first-order valence-corrected chi connectivity index (χ1v) is 6.07. The molecule has 0 aromatic rings. The maximum absolute atomic E-state index is 11.5. The Labute approximate surface area is 101 Å². The Kier molecular flexibility index (Phi) is 4.91. The highest BCUT2D eigenvalue weighted by molar-refractivity contribution is 5.73. The monoisotopic (exact) mass is 246 g/mol. The molecule has 1 aliphatic heterocycles. The fraction of sp³-hybridized carbons (Fsp3) is 0.917. The number of esters is 1. The Morgan fingerprint density at radius 1 is 1.35 bits per heavy atom. The number of aliphatic hydroxyl groups is 3. The molecular weight excluding hydrogens is 224 g/mol. The van der Waals surface area contributed by atoms with E-state index in [2.05, 4.69) is 0 Å². The van der Waals surface area contributed by atoms with E-state index in [1.54, 1.807) is 20.8 Å². The van der Waals surface area contributed by atoms with E-state index in [1.807, 2.05) is 0 Å². The molecule has 0 bridgehead atoms. The molecule has 0 aromatic carbocycles. The van der Waals surface area contributed by atoms with Crippen LogP contribution >= 0.6 is 0 Å². The van der Waals surface area contributed by atoms with E-state index in [9.17, 15) is 15.0 Å². The fourth-order valence-electron chi connectivity index (χ4n) is 2.20. The van der Waals surface area contributed by atoms with Gasteiger partial charge in [0.05, 0.1) is 24.2 Å². The summed E-state index contributed by atoms with van der Waals surface area (Å²) in [5.41, 5.74) is 0. The number of aliphatic hydroxyl groups excluding tert-OH is 3. The molecule has 5 heteroatoms. The Morgan fingerprint density at radius 2 is 1.94 bits per heavy atom. The van der Waals surface area contributed by atoms with Gasteiger partial charge < -0.3 is 20.1 Å². The summed E-state index contributed by atoms with van der Waals surface area (Å²) >= 11 is 0.